The maximum atomic E-state index is 6.05. The molecule has 4 nitrogen and oxygen atoms in total. The summed E-state index contributed by atoms with van der Waals surface area (Å²) in [7, 11) is 1.67. The Morgan fingerprint density at radius 1 is 1.05 bits per heavy atom. The second-order valence-electron chi connectivity index (χ2n) is 4.56. The van der Waals surface area contributed by atoms with Gasteiger partial charge in [-0.15, -0.1) is 0 Å². The zero-order chi connectivity index (χ0) is 13.9. The zero-order valence-electron chi connectivity index (χ0n) is 11.2. The van der Waals surface area contributed by atoms with Crippen molar-refractivity contribution >= 4 is 16.9 Å². The van der Waals surface area contributed by atoms with Crippen molar-refractivity contribution in [3.05, 3.63) is 59.8 Å². The Labute approximate surface area is 117 Å². The van der Waals surface area contributed by atoms with Crippen LogP contribution < -0.4 is 10.5 Å². The van der Waals surface area contributed by atoms with Gasteiger partial charge in [0.1, 0.15) is 11.6 Å². The lowest BCUT2D eigenvalue weighted by Gasteiger charge is -2.10. The largest absolute Gasteiger partial charge is 0.496 e. The lowest BCUT2D eigenvalue weighted by molar-refractivity contribution is 0.410. The van der Waals surface area contributed by atoms with Crippen molar-refractivity contribution in [1.82, 2.24) is 9.97 Å². The van der Waals surface area contributed by atoms with Crippen molar-refractivity contribution in [3.8, 4) is 5.75 Å². The molecular formula is C16H15N3O. The van der Waals surface area contributed by atoms with Gasteiger partial charge in [-0.25, -0.2) is 4.98 Å². The summed E-state index contributed by atoms with van der Waals surface area (Å²) in [4.78, 5) is 8.72. The first-order valence-corrected chi connectivity index (χ1v) is 6.40. The van der Waals surface area contributed by atoms with Crippen LogP contribution in [0.15, 0.2) is 48.7 Å². The molecule has 0 saturated carbocycles. The summed E-state index contributed by atoms with van der Waals surface area (Å²) in [5, 5.41) is 0. The minimum atomic E-state index is 0.538. The lowest BCUT2D eigenvalue weighted by atomic mass is 10.0. The number of fused-ring (bicyclic) bond motifs is 1. The average Bonchev–Trinajstić information content (AvgIpc) is 2.48. The fraction of sp³-hybridized carbons (Fsp3) is 0.125. The molecule has 0 aliphatic heterocycles. The number of benzene rings is 1. The Balaban J connectivity index is 2.04. The van der Waals surface area contributed by atoms with Crippen molar-refractivity contribution in [2.45, 2.75) is 6.42 Å². The van der Waals surface area contributed by atoms with Crippen molar-refractivity contribution in [2.75, 3.05) is 12.8 Å². The number of nitrogens with zero attached hydrogens (tertiary/aromatic N) is 2. The number of para-hydroxylation sites is 1. The van der Waals surface area contributed by atoms with Crippen molar-refractivity contribution in [2.24, 2.45) is 0 Å². The van der Waals surface area contributed by atoms with Gasteiger partial charge in [-0.2, -0.15) is 0 Å². The molecule has 0 fully saturated rings. The van der Waals surface area contributed by atoms with E-state index in [-0.39, 0.29) is 0 Å². The normalized spacial score (nSPS) is 10.7. The van der Waals surface area contributed by atoms with Crippen LogP contribution in [0.3, 0.4) is 0 Å². The summed E-state index contributed by atoms with van der Waals surface area (Å²) in [6, 6.07) is 13.7. The third kappa shape index (κ3) is 2.28. The Morgan fingerprint density at radius 3 is 2.75 bits per heavy atom. The second kappa shape index (κ2) is 5.17. The second-order valence-corrected chi connectivity index (χ2v) is 4.56. The molecule has 100 valence electrons. The Hall–Kier alpha value is -2.62. The number of hydrogen-bond acceptors (Lipinski definition) is 4. The molecule has 2 aromatic heterocycles. The molecular weight excluding hydrogens is 250 g/mol. The van der Waals surface area contributed by atoms with E-state index in [0.717, 1.165) is 27.9 Å². The van der Waals surface area contributed by atoms with Crippen LogP contribution in [0.25, 0.3) is 11.0 Å². The van der Waals surface area contributed by atoms with E-state index in [1.165, 1.54) is 0 Å². The molecule has 0 amide bonds. The predicted molar refractivity (Wildman–Crippen MR) is 79.8 cm³/mol. The van der Waals surface area contributed by atoms with Gasteiger partial charge >= 0.3 is 0 Å². The third-order valence-electron chi connectivity index (χ3n) is 3.27. The molecule has 3 rings (SSSR count). The molecule has 4 heteroatoms. The fourth-order valence-electron chi connectivity index (χ4n) is 2.25. The fourth-order valence-corrected chi connectivity index (χ4v) is 2.25. The first-order chi connectivity index (χ1) is 9.78. The topological polar surface area (TPSA) is 61.0 Å². The number of pyridine rings is 2. The van der Waals surface area contributed by atoms with Crippen LogP contribution in [-0.4, -0.2) is 17.1 Å². The molecule has 1 aromatic carbocycles. The minimum absolute atomic E-state index is 0.538. The molecule has 0 atom stereocenters. The van der Waals surface area contributed by atoms with Gasteiger partial charge < -0.3 is 10.5 Å². The number of nitrogen functional groups attached to an aromatic ring is 1. The summed E-state index contributed by atoms with van der Waals surface area (Å²) in [5.74, 6) is 1.39. The Morgan fingerprint density at radius 2 is 1.90 bits per heavy atom. The van der Waals surface area contributed by atoms with Crippen LogP contribution in [0.5, 0.6) is 5.75 Å². The average molecular weight is 265 g/mol. The smallest absolute Gasteiger partial charge is 0.127 e. The van der Waals surface area contributed by atoms with Gasteiger partial charge in [0.25, 0.3) is 0 Å². The number of anilines is 1. The van der Waals surface area contributed by atoms with Gasteiger partial charge in [0.15, 0.2) is 0 Å². The van der Waals surface area contributed by atoms with Crippen molar-refractivity contribution in [3.63, 3.8) is 0 Å². The molecule has 0 spiro atoms. The van der Waals surface area contributed by atoms with Gasteiger partial charge in [0.2, 0.25) is 0 Å². The highest BCUT2D eigenvalue weighted by Gasteiger charge is 2.08. The van der Waals surface area contributed by atoms with Gasteiger partial charge in [0.05, 0.1) is 18.1 Å². The summed E-state index contributed by atoms with van der Waals surface area (Å²) in [6.07, 6.45) is 2.43. The van der Waals surface area contributed by atoms with Crippen molar-refractivity contribution < 1.29 is 4.74 Å². The van der Waals surface area contributed by atoms with Gasteiger partial charge in [-0.3, -0.25) is 4.98 Å². The van der Waals surface area contributed by atoms with E-state index in [4.69, 9.17) is 10.5 Å². The van der Waals surface area contributed by atoms with Crippen LogP contribution >= 0.6 is 0 Å². The van der Waals surface area contributed by atoms with Crippen LogP contribution in [0, 0.1) is 0 Å². The summed E-state index contributed by atoms with van der Waals surface area (Å²) in [5.41, 5.74) is 9.75. The van der Waals surface area contributed by atoms with E-state index < -0.39 is 0 Å². The summed E-state index contributed by atoms with van der Waals surface area (Å²) >= 11 is 0. The number of aromatic nitrogens is 2. The SMILES string of the molecule is COc1ccccc1Cc1cc2ncccc2nc1N. The standard InChI is InChI=1S/C16H15N3O/c1-20-15-7-3-2-5-11(15)9-12-10-14-13(19-16(12)17)6-4-8-18-14/h2-8,10H,9H2,1H3,(H2,17,19). The number of nitrogens with two attached hydrogens (primary N) is 1. The molecule has 20 heavy (non-hydrogen) atoms. The van der Waals surface area contributed by atoms with E-state index in [2.05, 4.69) is 9.97 Å². The highest BCUT2D eigenvalue weighted by molar-refractivity contribution is 5.77. The number of ether oxygens (including phenoxy) is 1. The predicted octanol–water partition coefficient (Wildman–Crippen LogP) is 2.81. The molecule has 0 aliphatic rings. The Kier molecular flexibility index (Phi) is 3.21. The van der Waals surface area contributed by atoms with E-state index in [9.17, 15) is 0 Å². The maximum Gasteiger partial charge on any atom is 0.127 e. The van der Waals surface area contributed by atoms with Gasteiger partial charge in [-0.1, -0.05) is 18.2 Å². The number of methoxy groups -OCH3 is 1. The molecule has 0 bridgehead atoms. The first kappa shape index (κ1) is 12.4. The first-order valence-electron chi connectivity index (χ1n) is 6.40. The Bertz CT molecular complexity index is 756. The number of hydrogen-bond donors (Lipinski definition) is 1. The third-order valence-corrected chi connectivity index (χ3v) is 3.27. The quantitative estimate of drug-likeness (QED) is 0.791. The monoisotopic (exact) mass is 265 g/mol. The molecule has 2 heterocycles. The molecule has 0 aliphatic carbocycles. The van der Waals surface area contributed by atoms with Gasteiger partial charge in [0, 0.05) is 18.2 Å². The van der Waals surface area contributed by atoms with Crippen LogP contribution in [-0.2, 0) is 6.42 Å². The van der Waals surface area contributed by atoms with Crippen molar-refractivity contribution in [1.29, 1.82) is 0 Å². The van der Waals surface area contributed by atoms with Crippen LogP contribution in [0.2, 0.25) is 0 Å². The van der Waals surface area contributed by atoms with E-state index in [1.54, 1.807) is 13.3 Å². The lowest BCUT2D eigenvalue weighted by Crippen LogP contribution is -2.01. The minimum Gasteiger partial charge on any atom is -0.496 e. The molecule has 3 aromatic rings. The van der Waals surface area contributed by atoms with Crippen LogP contribution in [0.4, 0.5) is 5.82 Å². The highest BCUT2D eigenvalue weighted by Crippen LogP contribution is 2.24. The summed E-state index contributed by atoms with van der Waals surface area (Å²) in [6.45, 7) is 0. The van der Waals surface area contributed by atoms with E-state index in [0.29, 0.717) is 12.2 Å². The zero-order valence-corrected chi connectivity index (χ0v) is 11.2. The number of rotatable bonds is 3. The van der Waals surface area contributed by atoms with E-state index >= 15 is 0 Å². The maximum absolute atomic E-state index is 6.05. The molecule has 0 unspecified atom stereocenters. The highest BCUT2D eigenvalue weighted by atomic mass is 16.5. The van der Waals surface area contributed by atoms with Gasteiger partial charge in [-0.05, 0) is 29.8 Å². The van der Waals surface area contributed by atoms with E-state index in [1.807, 2.05) is 42.5 Å². The molecule has 0 radical (unpaired) electrons. The molecule has 2 N–H and O–H groups in total. The summed E-state index contributed by atoms with van der Waals surface area (Å²) < 4.78 is 5.37. The molecule has 0 saturated heterocycles. The van der Waals surface area contributed by atoms with Crippen LogP contribution in [0.1, 0.15) is 11.1 Å².